The zero-order valence-electron chi connectivity index (χ0n) is 15.2. The quantitative estimate of drug-likeness (QED) is 0.714. The number of unbranched alkanes of at least 4 members (excludes halogenated alkanes) is 1. The van der Waals surface area contributed by atoms with Crippen molar-refractivity contribution < 1.29 is 4.79 Å². The fourth-order valence-electron chi connectivity index (χ4n) is 3.37. The number of piperidine rings is 1. The first-order chi connectivity index (χ1) is 11.2. The van der Waals surface area contributed by atoms with Crippen LogP contribution in [0.2, 0.25) is 0 Å². The Bertz CT molecular complexity index is 469. The highest BCUT2D eigenvalue weighted by molar-refractivity contribution is 5.85. The van der Waals surface area contributed by atoms with Crippen molar-refractivity contribution in [2.24, 2.45) is 0 Å². The summed E-state index contributed by atoms with van der Waals surface area (Å²) in [7, 11) is 0. The Morgan fingerprint density at radius 3 is 2.46 bits per heavy atom. The predicted octanol–water partition coefficient (Wildman–Crippen LogP) is 4.12. The minimum absolute atomic E-state index is 0. The number of amides is 1. The maximum atomic E-state index is 12.6. The Kier molecular flexibility index (Phi) is 10.0. The molecule has 1 aromatic rings. The summed E-state index contributed by atoms with van der Waals surface area (Å²) in [6.45, 7) is 7.29. The van der Waals surface area contributed by atoms with Crippen LogP contribution in [0, 0.1) is 6.92 Å². The standard InChI is InChI=1S/C20H32N2O.ClH/c1-3-16-22(19-12-14-21-15-13-19)20(23)7-5-4-6-18-10-8-17(2)9-11-18;/h8-11,19,21H,3-7,12-16H2,1-2H3;1H. The molecular formula is C20H33ClN2O. The van der Waals surface area contributed by atoms with Crippen LogP contribution in [0.1, 0.15) is 56.6 Å². The van der Waals surface area contributed by atoms with Crippen molar-refractivity contribution in [3.63, 3.8) is 0 Å². The smallest absolute Gasteiger partial charge is 0.222 e. The number of carbonyl (C=O) groups is 1. The van der Waals surface area contributed by atoms with E-state index >= 15 is 0 Å². The Labute approximate surface area is 153 Å². The van der Waals surface area contributed by atoms with E-state index in [1.807, 2.05) is 0 Å². The molecule has 1 aliphatic heterocycles. The van der Waals surface area contributed by atoms with Gasteiger partial charge in [-0.15, -0.1) is 12.4 Å². The molecule has 24 heavy (non-hydrogen) atoms. The second kappa shape index (κ2) is 11.5. The third-order valence-corrected chi connectivity index (χ3v) is 4.76. The van der Waals surface area contributed by atoms with Crippen molar-refractivity contribution >= 4 is 18.3 Å². The van der Waals surface area contributed by atoms with Gasteiger partial charge in [0, 0.05) is 19.0 Å². The van der Waals surface area contributed by atoms with Crippen LogP contribution >= 0.6 is 12.4 Å². The number of rotatable bonds is 8. The van der Waals surface area contributed by atoms with E-state index in [0.29, 0.717) is 18.4 Å². The number of nitrogens with zero attached hydrogens (tertiary/aromatic N) is 1. The van der Waals surface area contributed by atoms with Gasteiger partial charge in [0.1, 0.15) is 0 Å². The van der Waals surface area contributed by atoms with Gasteiger partial charge in [-0.25, -0.2) is 0 Å². The van der Waals surface area contributed by atoms with Gasteiger partial charge in [0.05, 0.1) is 0 Å². The first-order valence-corrected chi connectivity index (χ1v) is 9.26. The molecule has 1 fully saturated rings. The van der Waals surface area contributed by atoms with E-state index < -0.39 is 0 Å². The summed E-state index contributed by atoms with van der Waals surface area (Å²) in [4.78, 5) is 14.8. The number of nitrogens with one attached hydrogen (secondary N) is 1. The molecule has 1 aliphatic rings. The third-order valence-electron chi connectivity index (χ3n) is 4.76. The Balaban J connectivity index is 0.00000288. The zero-order valence-corrected chi connectivity index (χ0v) is 16.0. The largest absolute Gasteiger partial charge is 0.340 e. The molecule has 1 aromatic carbocycles. The number of hydrogen-bond acceptors (Lipinski definition) is 2. The molecule has 4 heteroatoms. The molecule has 136 valence electrons. The second-order valence-electron chi connectivity index (χ2n) is 6.76. The van der Waals surface area contributed by atoms with Crippen LogP contribution in [0.4, 0.5) is 0 Å². The minimum atomic E-state index is 0. The summed E-state index contributed by atoms with van der Waals surface area (Å²) in [5.74, 6) is 0.364. The highest BCUT2D eigenvalue weighted by Crippen LogP contribution is 2.16. The molecule has 1 amide bonds. The van der Waals surface area contributed by atoms with Crippen LogP contribution in [0.15, 0.2) is 24.3 Å². The number of aryl methyl sites for hydroxylation is 2. The highest BCUT2D eigenvalue weighted by Gasteiger charge is 2.23. The average molecular weight is 353 g/mol. The van der Waals surface area contributed by atoms with Gasteiger partial charge >= 0.3 is 0 Å². The van der Waals surface area contributed by atoms with E-state index in [9.17, 15) is 4.79 Å². The van der Waals surface area contributed by atoms with Crippen molar-refractivity contribution in [2.45, 2.75) is 64.8 Å². The number of carbonyl (C=O) groups excluding carboxylic acids is 1. The summed E-state index contributed by atoms with van der Waals surface area (Å²) >= 11 is 0. The van der Waals surface area contributed by atoms with Crippen LogP contribution in [-0.4, -0.2) is 36.5 Å². The maximum absolute atomic E-state index is 12.6. The summed E-state index contributed by atoms with van der Waals surface area (Å²) in [6, 6.07) is 9.20. The van der Waals surface area contributed by atoms with Crippen LogP contribution in [-0.2, 0) is 11.2 Å². The van der Waals surface area contributed by atoms with E-state index in [0.717, 1.165) is 58.2 Å². The van der Waals surface area contributed by atoms with E-state index in [1.54, 1.807) is 0 Å². The lowest BCUT2D eigenvalue weighted by Gasteiger charge is -2.34. The first-order valence-electron chi connectivity index (χ1n) is 9.26. The highest BCUT2D eigenvalue weighted by atomic mass is 35.5. The molecule has 0 unspecified atom stereocenters. The lowest BCUT2D eigenvalue weighted by atomic mass is 10.0. The lowest BCUT2D eigenvalue weighted by Crippen LogP contribution is -2.46. The summed E-state index contributed by atoms with van der Waals surface area (Å²) in [5, 5.41) is 3.39. The van der Waals surface area contributed by atoms with E-state index in [1.165, 1.54) is 11.1 Å². The Morgan fingerprint density at radius 1 is 1.17 bits per heavy atom. The van der Waals surface area contributed by atoms with Crippen molar-refractivity contribution in [2.75, 3.05) is 19.6 Å². The predicted molar refractivity (Wildman–Crippen MR) is 104 cm³/mol. The van der Waals surface area contributed by atoms with Gasteiger partial charge in [-0.05, 0) is 64.1 Å². The molecule has 0 atom stereocenters. The summed E-state index contributed by atoms with van der Waals surface area (Å²) < 4.78 is 0. The molecule has 0 radical (unpaired) electrons. The fourth-order valence-corrected chi connectivity index (χ4v) is 3.37. The molecule has 2 rings (SSSR count). The van der Waals surface area contributed by atoms with Crippen molar-refractivity contribution in [1.82, 2.24) is 10.2 Å². The van der Waals surface area contributed by atoms with Crippen LogP contribution in [0.3, 0.4) is 0 Å². The van der Waals surface area contributed by atoms with Gasteiger partial charge in [-0.1, -0.05) is 36.8 Å². The van der Waals surface area contributed by atoms with Crippen molar-refractivity contribution in [3.05, 3.63) is 35.4 Å². The molecule has 0 aliphatic carbocycles. The molecule has 1 N–H and O–H groups in total. The van der Waals surface area contributed by atoms with Crippen LogP contribution < -0.4 is 5.32 Å². The molecule has 0 spiro atoms. The molecule has 0 saturated carbocycles. The SMILES string of the molecule is CCCN(C(=O)CCCCc1ccc(C)cc1)C1CCNCC1.Cl. The van der Waals surface area contributed by atoms with Gasteiger partial charge in [-0.3, -0.25) is 4.79 Å². The van der Waals surface area contributed by atoms with E-state index in [2.05, 4.69) is 48.3 Å². The van der Waals surface area contributed by atoms with Gasteiger partial charge in [-0.2, -0.15) is 0 Å². The molecular weight excluding hydrogens is 320 g/mol. The summed E-state index contributed by atoms with van der Waals surface area (Å²) in [6.07, 6.45) is 7.15. The van der Waals surface area contributed by atoms with Crippen molar-refractivity contribution in [3.8, 4) is 0 Å². The zero-order chi connectivity index (χ0) is 16.5. The van der Waals surface area contributed by atoms with Gasteiger partial charge in [0.2, 0.25) is 5.91 Å². The normalized spacial score (nSPS) is 14.9. The molecule has 3 nitrogen and oxygen atoms in total. The minimum Gasteiger partial charge on any atom is -0.340 e. The van der Waals surface area contributed by atoms with E-state index in [-0.39, 0.29) is 12.4 Å². The molecule has 1 heterocycles. The van der Waals surface area contributed by atoms with Crippen LogP contribution in [0.25, 0.3) is 0 Å². The Morgan fingerprint density at radius 2 is 1.83 bits per heavy atom. The third kappa shape index (κ3) is 6.82. The second-order valence-corrected chi connectivity index (χ2v) is 6.76. The van der Waals surface area contributed by atoms with Gasteiger partial charge < -0.3 is 10.2 Å². The van der Waals surface area contributed by atoms with Gasteiger partial charge in [0.15, 0.2) is 0 Å². The number of halogens is 1. The Hall–Kier alpha value is -1.06. The average Bonchev–Trinajstić information content (AvgIpc) is 2.58. The van der Waals surface area contributed by atoms with E-state index in [4.69, 9.17) is 0 Å². The summed E-state index contributed by atoms with van der Waals surface area (Å²) in [5.41, 5.74) is 2.69. The molecule has 0 bridgehead atoms. The first kappa shape index (κ1) is 21.0. The molecule has 1 saturated heterocycles. The fraction of sp³-hybridized carbons (Fsp3) is 0.650. The number of hydrogen-bond donors (Lipinski definition) is 1. The maximum Gasteiger partial charge on any atom is 0.222 e. The monoisotopic (exact) mass is 352 g/mol. The van der Waals surface area contributed by atoms with Crippen LogP contribution in [0.5, 0.6) is 0 Å². The molecule has 0 aromatic heterocycles. The number of benzene rings is 1. The van der Waals surface area contributed by atoms with Gasteiger partial charge in [0.25, 0.3) is 0 Å². The lowest BCUT2D eigenvalue weighted by molar-refractivity contribution is -0.134. The topological polar surface area (TPSA) is 32.3 Å². The van der Waals surface area contributed by atoms with Crippen molar-refractivity contribution in [1.29, 1.82) is 0 Å².